The summed E-state index contributed by atoms with van der Waals surface area (Å²) in [6.07, 6.45) is 5.07. The number of anilines is 2. The van der Waals surface area contributed by atoms with E-state index in [1.165, 1.54) is 10.8 Å². The number of aliphatic imine (C=N–C) groups is 1. The van der Waals surface area contributed by atoms with Crippen molar-refractivity contribution in [1.82, 2.24) is 13.7 Å². The Balaban J connectivity index is 1.93. The van der Waals surface area contributed by atoms with Crippen LogP contribution in [0.25, 0.3) is 10.9 Å². The van der Waals surface area contributed by atoms with Crippen molar-refractivity contribution in [3.05, 3.63) is 118 Å². The number of hydrogen-bond acceptors (Lipinski definition) is 4. The average Bonchev–Trinajstić information content (AvgIpc) is 3.27. The molecule has 0 bridgehead atoms. The van der Waals surface area contributed by atoms with Gasteiger partial charge in [0.2, 0.25) is 0 Å². The van der Waals surface area contributed by atoms with Gasteiger partial charge in [-0.3, -0.25) is 18.9 Å². The largest absolute Gasteiger partial charge is 0.331 e. The van der Waals surface area contributed by atoms with Crippen LogP contribution in [0, 0.1) is 5.92 Å². The van der Waals surface area contributed by atoms with Gasteiger partial charge in [-0.15, -0.1) is 0 Å². The van der Waals surface area contributed by atoms with E-state index in [2.05, 4.69) is 36.6 Å². The summed E-state index contributed by atoms with van der Waals surface area (Å²) in [5.41, 5.74) is 3.74. The smallest absolute Gasteiger partial charge is 0.329 e. The molecule has 0 radical (unpaired) electrons. The van der Waals surface area contributed by atoms with Gasteiger partial charge in [0.1, 0.15) is 11.3 Å². The van der Waals surface area contributed by atoms with E-state index in [1.807, 2.05) is 72.7 Å². The highest BCUT2D eigenvalue weighted by Crippen LogP contribution is 2.32. The number of benzene rings is 2. The van der Waals surface area contributed by atoms with Gasteiger partial charge in [0, 0.05) is 50.8 Å². The van der Waals surface area contributed by atoms with E-state index >= 15 is 0 Å². The summed E-state index contributed by atoms with van der Waals surface area (Å²) in [6.45, 7) is 12.7. The van der Waals surface area contributed by atoms with E-state index in [4.69, 9.17) is 0 Å². The lowest BCUT2D eigenvalue weighted by Gasteiger charge is -2.24. The van der Waals surface area contributed by atoms with E-state index < -0.39 is 0 Å². The van der Waals surface area contributed by atoms with Crippen LogP contribution in [0.15, 0.2) is 101 Å². The normalized spacial score (nSPS) is 11.8. The van der Waals surface area contributed by atoms with E-state index in [0.717, 1.165) is 28.3 Å². The predicted molar refractivity (Wildman–Crippen MR) is 153 cm³/mol. The molecule has 0 atom stereocenters. The van der Waals surface area contributed by atoms with Crippen LogP contribution < -0.4 is 16.1 Å². The summed E-state index contributed by atoms with van der Waals surface area (Å²) >= 11 is 0. The highest BCUT2D eigenvalue weighted by Gasteiger charge is 2.23. The van der Waals surface area contributed by atoms with E-state index in [-0.39, 0.29) is 17.2 Å². The number of hydrogen-bond donors (Lipinski definition) is 0. The molecule has 4 rings (SSSR count). The molecule has 0 unspecified atom stereocenters. The Bertz CT molecular complexity index is 1590. The van der Waals surface area contributed by atoms with Gasteiger partial charge in [0.25, 0.3) is 5.56 Å². The van der Waals surface area contributed by atoms with E-state index in [0.29, 0.717) is 24.0 Å². The van der Waals surface area contributed by atoms with Crippen LogP contribution >= 0.6 is 0 Å². The fraction of sp³-hybridized carbons (Fsp3) is 0.233. The van der Waals surface area contributed by atoms with Gasteiger partial charge < -0.3 is 9.47 Å². The highest BCUT2D eigenvalue weighted by atomic mass is 16.2. The molecule has 37 heavy (non-hydrogen) atoms. The molecular formula is C30H33N5O2. The second kappa shape index (κ2) is 10.7. The standard InChI is InChI=1S/C30H33N5O2/c1-7-26(31-8-2)23-16-14-22(15-17-23)19-34-20-25-27(28(34)32(5)24-12-10-9-11-13-24)35(18-21(3)4)30(37)33(6)29(25)36/h7-17,20-21H,1-2,18-19H2,3-6H3. The van der Waals surface area contributed by atoms with Crippen molar-refractivity contribution < 1.29 is 0 Å². The lowest BCUT2D eigenvalue weighted by Crippen LogP contribution is -2.38. The molecule has 190 valence electrons. The van der Waals surface area contributed by atoms with Crippen LogP contribution in [0.4, 0.5) is 11.5 Å². The van der Waals surface area contributed by atoms with Gasteiger partial charge in [0.05, 0.1) is 11.1 Å². The van der Waals surface area contributed by atoms with Crippen molar-refractivity contribution in [2.24, 2.45) is 18.0 Å². The molecule has 2 aromatic heterocycles. The maximum Gasteiger partial charge on any atom is 0.331 e. The van der Waals surface area contributed by atoms with Crippen molar-refractivity contribution in [3.8, 4) is 0 Å². The minimum atomic E-state index is -0.311. The van der Waals surface area contributed by atoms with Gasteiger partial charge >= 0.3 is 5.69 Å². The summed E-state index contributed by atoms with van der Waals surface area (Å²) in [6, 6.07) is 18.0. The quantitative estimate of drug-likeness (QED) is 0.304. The van der Waals surface area contributed by atoms with Crippen molar-refractivity contribution in [3.63, 3.8) is 0 Å². The summed E-state index contributed by atoms with van der Waals surface area (Å²) < 4.78 is 4.99. The molecular weight excluding hydrogens is 462 g/mol. The average molecular weight is 496 g/mol. The van der Waals surface area contributed by atoms with Gasteiger partial charge in [-0.25, -0.2) is 4.79 Å². The second-order valence-electron chi connectivity index (χ2n) is 9.49. The molecule has 0 amide bonds. The van der Waals surface area contributed by atoms with Gasteiger partial charge in [-0.05, 0) is 29.7 Å². The van der Waals surface area contributed by atoms with Crippen LogP contribution in [0.1, 0.15) is 25.0 Å². The Morgan fingerprint density at radius 3 is 2.32 bits per heavy atom. The number of allylic oxidation sites excluding steroid dienone is 1. The van der Waals surface area contributed by atoms with Crippen LogP contribution in [-0.2, 0) is 20.1 Å². The maximum absolute atomic E-state index is 13.3. The first-order valence-electron chi connectivity index (χ1n) is 12.3. The van der Waals surface area contributed by atoms with Gasteiger partial charge in [0.15, 0.2) is 0 Å². The third-order valence-corrected chi connectivity index (χ3v) is 6.38. The number of para-hydroxylation sites is 1. The lowest BCUT2D eigenvalue weighted by atomic mass is 10.1. The molecule has 2 heterocycles. The zero-order chi connectivity index (χ0) is 26.7. The fourth-order valence-corrected chi connectivity index (χ4v) is 4.60. The topological polar surface area (TPSA) is 64.5 Å². The minimum Gasteiger partial charge on any atom is -0.329 e. The number of nitrogens with zero attached hydrogens (tertiary/aromatic N) is 5. The monoisotopic (exact) mass is 495 g/mol. The maximum atomic E-state index is 13.3. The van der Waals surface area contributed by atoms with Crippen molar-refractivity contribution >= 4 is 28.1 Å². The Morgan fingerprint density at radius 1 is 1.05 bits per heavy atom. The van der Waals surface area contributed by atoms with Crippen LogP contribution in [-0.4, -0.2) is 26.5 Å². The van der Waals surface area contributed by atoms with Crippen molar-refractivity contribution in [2.75, 3.05) is 11.9 Å². The lowest BCUT2D eigenvalue weighted by molar-refractivity contribution is 0.502. The Morgan fingerprint density at radius 2 is 1.73 bits per heavy atom. The molecule has 0 spiro atoms. The molecule has 0 saturated heterocycles. The molecule has 0 N–H and O–H groups in total. The zero-order valence-corrected chi connectivity index (χ0v) is 21.9. The van der Waals surface area contributed by atoms with Crippen molar-refractivity contribution in [2.45, 2.75) is 26.9 Å². The second-order valence-corrected chi connectivity index (χ2v) is 9.49. The SMILES string of the molecule is C=CN=C(C=C)c1ccc(Cn2cc3c(=O)n(C)c(=O)n(CC(C)C)c3c2N(C)c2ccccc2)cc1. The number of rotatable bonds is 9. The minimum absolute atomic E-state index is 0.223. The first kappa shape index (κ1) is 25.7. The molecule has 2 aromatic carbocycles. The summed E-state index contributed by atoms with van der Waals surface area (Å²) in [5, 5.41) is 0.518. The molecule has 0 aliphatic heterocycles. The van der Waals surface area contributed by atoms with E-state index in [1.54, 1.807) is 17.7 Å². The molecule has 0 fully saturated rings. The van der Waals surface area contributed by atoms with Gasteiger partial charge in [-0.2, -0.15) is 0 Å². The Kier molecular flexibility index (Phi) is 7.43. The van der Waals surface area contributed by atoms with Crippen LogP contribution in [0.5, 0.6) is 0 Å². The first-order valence-corrected chi connectivity index (χ1v) is 12.3. The molecule has 7 nitrogen and oxygen atoms in total. The number of aromatic nitrogens is 3. The zero-order valence-electron chi connectivity index (χ0n) is 21.9. The highest BCUT2D eigenvalue weighted by molar-refractivity contribution is 6.08. The number of fused-ring (bicyclic) bond motifs is 1. The molecule has 0 saturated carbocycles. The Hall–Kier alpha value is -4.39. The third kappa shape index (κ3) is 4.98. The molecule has 4 aromatic rings. The van der Waals surface area contributed by atoms with Crippen LogP contribution in [0.3, 0.4) is 0 Å². The molecule has 0 aliphatic rings. The molecule has 7 heteroatoms. The summed E-state index contributed by atoms with van der Waals surface area (Å²) in [4.78, 5) is 32.8. The van der Waals surface area contributed by atoms with Gasteiger partial charge in [-0.1, -0.05) is 69.5 Å². The fourth-order valence-electron chi connectivity index (χ4n) is 4.60. The van der Waals surface area contributed by atoms with Crippen molar-refractivity contribution in [1.29, 1.82) is 0 Å². The molecule has 0 aliphatic carbocycles. The van der Waals surface area contributed by atoms with E-state index in [9.17, 15) is 9.59 Å². The third-order valence-electron chi connectivity index (χ3n) is 6.38. The van der Waals surface area contributed by atoms with Crippen LogP contribution in [0.2, 0.25) is 0 Å². The first-order chi connectivity index (χ1) is 17.8. The Labute approximate surface area is 216 Å². The summed E-state index contributed by atoms with van der Waals surface area (Å²) in [7, 11) is 3.51. The summed E-state index contributed by atoms with van der Waals surface area (Å²) in [5.74, 6) is 1.01. The predicted octanol–water partition coefficient (Wildman–Crippen LogP) is 5.09.